The number of benzene rings is 2. The zero-order valence-corrected chi connectivity index (χ0v) is 20.8. The molecule has 1 heterocycles. The number of hydrogen-bond acceptors (Lipinski definition) is 2. The van der Waals surface area contributed by atoms with Gasteiger partial charge in [-0.15, -0.1) is 0 Å². The van der Waals surface area contributed by atoms with E-state index in [-0.39, 0.29) is 23.8 Å². The van der Waals surface area contributed by atoms with Crippen LogP contribution in [0.5, 0.6) is 5.75 Å². The Morgan fingerprint density at radius 2 is 1.59 bits per heavy atom. The molecule has 0 aromatic heterocycles. The van der Waals surface area contributed by atoms with Crippen LogP contribution in [-0.4, -0.2) is 12.7 Å². The minimum atomic E-state index is -4.32. The topological polar surface area (TPSA) is 18.5 Å². The molecule has 1 aliphatic heterocycles. The minimum Gasteiger partial charge on any atom is -0.426 e. The molecule has 0 N–H and O–H groups in total. The number of halogens is 6. The Hall–Kier alpha value is -2.48. The minimum absolute atomic E-state index is 0.0162. The van der Waals surface area contributed by atoms with Crippen LogP contribution < -0.4 is 4.74 Å². The molecular formula is C29H32F6O2. The first-order valence-corrected chi connectivity index (χ1v) is 13.0. The summed E-state index contributed by atoms with van der Waals surface area (Å²) in [7, 11) is 0. The Labute approximate surface area is 213 Å². The maximum Gasteiger partial charge on any atom is 0.425 e. The summed E-state index contributed by atoms with van der Waals surface area (Å²) in [5.74, 6) is -1.46. The van der Waals surface area contributed by atoms with Gasteiger partial charge in [-0.3, -0.25) is 0 Å². The molecule has 1 saturated carbocycles. The van der Waals surface area contributed by atoms with Crippen LogP contribution in [-0.2, 0) is 4.74 Å². The van der Waals surface area contributed by atoms with E-state index in [1.165, 1.54) is 6.07 Å². The third-order valence-electron chi connectivity index (χ3n) is 7.58. The van der Waals surface area contributed by atoms with Crippen LogP contribution in [0.2, 0.25) is 0 Å². The highest BCUT2D eigenvalue weighted by Gasteiger charge is 2.32. The molecule has 0 radical (unpaired) electrons. The van der Waals surface area contributed by atoms with Gasteiger partial charge >= 0.3 is 6.11 Å². The van der Waals surface area contributed by atoms with Crippen molar-refractivity contribution >= 4 is 0 Å². The molecule has 2 aliphatic rings. The van der Waals surface area contributed by atoms with E-state index in [9.17, 15) is 22.0 Å². The van der Waals surface area contributed by atoms with Gasteiger partial charge in [-0.1, -0.05) is 31.5 Å². The first-order valence-electron chi connectivity index (χ1n) is 13.0. The largest absolute Gasteiger partial charge is 0.426 e. The molecule has 8 heteroatoms. The Morgan fingerprint density at radius 3 is 2.19 bits per heavy atom. The van der Waals surface area contributed by atoms with Gasteiger partial charge < -0.3 is 9.47 Å². The number of hydrogen-bond donors (Lipinski definition) is 0. The van der Waals surface area contributed by atoms with E-state index in [1.54, 1.807) is 6.07 Å². The zero-order valence-electron chi connectivity index (χ0n) is 20.8. The molecule has 1 saturated heterocycles. The van der Waals surface area contributed by atoms with Gasteiger partial charge in [0.2, 0.25) is 0 Å². The van der Waals surface area contributed by atoms with Crippen LogP contribution in [0.4, 0.5) is 26.3 Å². The van der Waals surface area contributed by atoms with Gasteiger partial charge in [0.25, 0.3) is 6.08 Å². The molecule has 2 nitrogen and oxygen atoms in total. The molecule has 2 unspecified atom stereocenters. The Kier molecular flexibility index (Phi) is 8.88. The Morgan fingerprint density at radius 1 is 0.919 bits per heavy atom. The number of rotatable bonds is 8. The molecule has 2 atom stereocenters. The van der Waals surface area contributed by atoms with Crippen molar-refractivity contribution in [3.8, 4) is 5.75 Å². The molecule has 2 aromatic rings. The summed E-state index contributed by atoms with van der Waals surface area (Å²) in [5, 5.41) is 0. The van der Waals surface area contributed by atoms with Gasteiger partial charge in [0, 0.05) is 0 Å². The van der Waals surface area contributed by atoms with Crippen molar-refractivity contribution in [2.75, 3.05) is 6.61 Å². The smallest absolute Gasteiger partial charge is 0.425 e. The second-order valence-electron chi connectivity index (χ2n) is 10.2. The molecule has 37 heavy (non-hydrogen) atoms. The average molecular weight is 527 g/mol. The third-order valence-corrected chi connectivity index (χ3v) is 7.58. The van der Waals surface area contributed by atoms with Crippen LogP contribution in [0.1, 0.15) is 92.9 Å². The maximum atomic E-state index is 15.1. The van der Waals surface area contributed by atoms with Gasteiger partial charge in [-0.2, -0.15) is 17.6 Å². The van der Waals surface area contributed by atoms with Crippen LogP contribution >= 0.6 is 0 Å². The first-order chi connectivity index (χ1) is 17.6. The number of ether oxygens (including phenoxy) is 2. The van der Waals surface area contributed by atoms with Gasteiger partial charge in [0.1, 0.15) is 5.82 Å². The SMILES string of the molecule is CCCC1CCC(c2ccc(C3CCC(c4ccc(OC(F)(F)C=C(F)F)c(F)c4)CC3)c(F)c2)OC1. The fourth-order valence-electron chi connectivity index (χ4n) is 5.67. The summed E-state index contributed by atoms with van der Waals surface area (Å²) in [6.45, 7) is 2.89. The summed E-state index contributed by atoms with van der Waals surface area (Å²) in [5.41, 5.74) is 2.16. The van der Waals surface area contributed by atoms with Crippen LogP contribution in [0.3, 0.4) is 0 Å². The van der Waals surface area contributed by atoms with Gasteiger partial charge in [-0.05, 0) is 97.6 Å². The monoisotopic (exact) mass is 526 g/mol. The first kappa shape index (κ1) is 27.6. The molecule has 4 rings (SSSR count). The van der Waals surface area contributed by atoms with Crippen molar-refractivity contribution in [3.05, 3.63) is 76.9 Å². The molecule has 0 amide bonds. The lowest BCUT2D eigenvalue weighted by Crippen LogP contribution is -2.22. The predicted octanol–water partition coefficient (Wildman–Crippen LogP) is 9.43. The molecule has 2 aromatic carbocycles. The fourth-order valence-corrected chi connectivity index (χ4v) is 5.67. The van der Waals surface area contributed by atoms with Crippen molar-refractivity contribution in [1.82, 2.24) is 0 Å². The van der Waals surface area contributed by atoms with E-state index < -0.39 is 29.8 Å². The van der Waals surface area contributed by atoms with Crippen molar-refractivity contribution < 1.29 is 35.8 Å². The number of alkyl halides is 2. The van der Waals surface area contributed by atoms with E-state index >= 15 is 4.39 Å². The average Bonchev–Trinajstić information content (AvgIpc) is 2.85. The molecule has 1 aliphatic carbocycles. The molecule has 0 bridgehead atoms. The predicted molar refractivity (Wildman–Crippen MR) is 129 cm³/mol. The van der Waals surface area contributed by atoms with Crippen LogP contribution in [0.25, 0.3) is 0 Å². The molecular weight excluding hydrogens is 494 g/mol. The van der Waals surface area contributed by atoms with E-state index in [1.807, 2.05) is 12.1 Å². The van der Waals surface area contributed by atoms with Crippen molar-refractivity contribution in [3.63, 3.8) is 0 Å². The van der Waals surface area contributed by atoms with E-state index in [0.29, 0.717) is 42.7 Å². The van der Waals surface area contributed by atoms with Crippen molar-refractivity contribution in [1.29, 1.82) is 0 Å². The quantitative estimate of drug-likeness (QED) is 0.319. The summed E-state index contributed by atoms with van der Waals surface area (Å²) >= 11 is 0. The van der Waals surface area contributed by atoms with Crippen LogP contribution in [0.15, 0.2) is 48.6 Å². The molecule has 202 valence electrons. The standard InChI is InChI=1S/C29H32F6O2/c1-2-3-18-4-12-26(36-17-18)22-9-11-23(24(30)15-22)20-7-5-19(6-8-20)21-10-13-27(25(31)14-21)37-29(34,35)16-28(32)33/h9-11,13-16,18-20,26H,2-8,12,17H2,1H3. The normalized spacial score (nSPS) is 24.5. The maximum absolute atomic E-state index is 15.1. The lowest BCUT2D eigenvalue weighted by molar-refractivity contribution is -0.135. The highest BCUT2D eigenvalue weighted by atomic mass is 19.3. The summed E-state index contributed by atoms with van der Waals surface area (Å²) in [6, 6.07) is 9.03. The van der Waals surface area contributed by atoms with E-state index in [0.717, 1.165) is 50.0 Å². The highest BCUT2D eigenvalue weighted by Crippen LogP contribution is 2.43. The molecule has 0 spiro atoms. The second-order valence-corrected chi connectivity index (χ2v) is 10.2. The third kappa shape index (κ3) is 7.09. The second kappa shape index (κ2) is 11.9. The Bertz CT molecular complexity index is 1080. The summed E-state index contributed by atoms with van der Waals surface area (Å²) in [4.78, 5) is 0. The van der Waals surface area contributed by atoms with Gasteiger partial charge in [-0.25, -0.2) is 8.78 Å². The van der Waals surface area contributed by atoms with Crippen molar-refractivity contribution in [2.45, 2.75) is 82.3 Å². The van der Waals surface area contributed by atoms with E-state index in [4.69, 9.17) is 4.74 Å². The van der Waals surface area contributed by atoms with Crippen molar-refractivity contribution in [2.24, 2.45) is 5.92 Å². The van der Waals surface area contributed by atoms with Crippen LogP contribution in [0, 0.1) is 17.6 Å². The lowest BCUT2D eigenvalue weighted by Gasteiger charge is -2.31. The fraction of sp³-hybridized carbons (Fsp3) is 0.517. The van der Waals surface area contributed by atoms with E-state index in [2.05, 4.69) is 11.7 Å². The van der Waals surface area contributed by atoms with Gasteiger partial charge in [0.05, 0.1) is 18.8 Å². The Balaban J connectivity index is 1.34. The highest BCUT2D eigenvalue weighted by molar-refractivity contribution is 5.33. The molecule has 2 fully saturated rings. The summed E-state index contributed by atoms with van der Waals surface area (Å²) in [6.07, 6.45) is -0.611. The van der Waals surface area contributed by atoms with Gasteiger partial charge in [0.15, 0.2) is 11.6 Å². The summed E-state index contributed by atoms with van der Waals surface area (Å²) < 4.78 is 90.7. The lowest BCUT2D eigenvalue weighted by atomic mass is 9.76. The zero-order chi connectivity index (χ0) is 26.6.